The molecular weight excluding hydrogens is 360 g/mol. The number of nitrogens with zero attached hydrogens (tertiary/aromatic N) is 2. The van der Waals surface area contributed by atoms with Crippen LogP contribution in [0.5, 0.6) is 0 Å². The lowest BCUT2D eigenvalue weighted by Crippen LogP contribution is -2.43. The average molecular weight is 397 g/mol. The van der Waals surface area contributed by atoms with E-state index in [1.54, 1.807) is 25.3 Å². The van der Waals surface area contributed by atoms with Crippen LogP contribution in [-0.2, 0) is 16.1 Å². The molecule has 0 spiro atoms. The predicted molar refractivity (Wildman–Crippen MR) is 110 cm³/mol. The summed E-state index contributed by atoms with van der Waals surface area (Å²) in [5.41, 5.74) is -0.489. The zero-order chi connectivity index (χ0) is 21.0. The van der Waals surface area contributed by atoms with Crippen molar-refractivity contribution in [1.82, 2.24) is 15.5 Å². The van der Waals surface area contributed by atoms with Crippen LogP contribution in [0.4, 0.5) is 4.79 Å². The first-order chi connectivity index (χ1) is 13.2. The molecule has 1 aromatic rings. The van der Waals surface area contributed by atoms with Gasteiger partial charge in [-0.25, -0.2) is 4.79 Å². The molecule has 0 aliphatic rings. The fourth-order valence-corrected chi connectivity index (χ4v) is 2.28. The van der Waals surface area contributed by atoms with Crippen molar-refractivity contribution in [3.8, 4) is 0 Å². The number of nitrogens with one attached hydrogen (secondary N) is 2. The number of hydrogen-bond acceptors (Lipinski definition) is 5. The maximum absolute atomic E-state index is 12.1. The molecule has 0 aliphatic carbocycles. The first-order valence-corrected chi connectivity index (χ1v) is 9.73. The topological polar surface area (TPSA) is 88.3 Å². The number of furan rings is 1. The molecular formula is C20H36N4O4. The third-order valence-electron chi connectivity index (χ3n) is 4.00. The highest BCUT2D eigenvalue weighted by atomic mass is 16.6. The smallest absolute Gasteiger partial charge is 0.410 e. The molecule has 0 radical (unpaired) electrons. The van der Waals surface area contributed by atoms with Gasteiger partial charge in [-0.1, -0.05) is 0 Å². The van der Waals surface area contributed by atoms with Crippen LogP contribution in [-0.4, -0.2) is 62.4 Å². The molecule has 1 atom stereocenters. The predicted octanol–water partition coefficient (Wildman–Crippen LogP) is 3.00. The summed E-state index contributed by atoms with van der Waals surface area (Å²) in [6, 6.07) is 3.79. The Hall–Kier alpha value is -2.22. The van der Waals surface area contributed by atoms with Gasteiger partial charge < -0.3 is 29.4 Å². The molecule has 0 saturated carbocycles. The monoisotopic (exact) mass is 396 g/mol. The molecule has 1 unspecified atom stereocenters. The first-order valence-electron chi connectivity index (χ1n) is 9.73. The summed E-state index contributed by atoms with van der Waals surface area (Å²) in [7, 11) is 3.49. The number of hydrogen-bond donors (Lipinski definition) is 2. The quantitative estimate of drug-likeness (QED) is 0.359. The Morgan fingerprint density at radius 1 is 1.32 bits per heavy atom. The minimum Gasteiger partial charge on any atom is -0.467 e. The number of rotatable bonds is 10. The molecule has 1 amide bonds. The van der Waals surface area contributed by atoms with Gasteiger partial charge in [0.15, 0.2) is 5.96 Å². The van der Waals surface area contributed by atoms with Gasteiger partial charge in [0.1, 0.15) is 18.0 Å². The average Bonchev–Trinajstić information content (AvgIpc) is 3.14. The van der Waals surface area contributed by atoms with Gasteiger partial charge in [-0.15, -0.1) is 0 Å². The van der Waals surface area contributed by atoms with E-state index in [9.17, 15) is 4.79 Å². The van der Waals surface area contributed by atoms with Gasteiger partial charge in [-0.3, -0.25) is 4.99 Å². The van der Waals surface area contributed by atoms with E-state index < -0.39 is 5.60 Å². The normalized spacial score (nSPS) is 13.1. The highest BCUT2D eigenvalue weighted by Crippen LogP contribution is 2.11. The fraction of sp³-hybridized carbons (Fsp3) is 0.700. The van der Waals surface area contributed by atoms with Crippen LogP contribution in [0.15, 0.2) is 27.8 Å². The Morgan fingerprint density at radius 3 is 2.64 bits per heavy atom. The summed E-state index contributed by atoms with van der Waals surface area (Å²) in [4.78, 5) is 17.9. The van der Waals surface area contributed by atoms with Crippen LogP contribution >= 0.6 is 0 Å². The molecule has 1 aromatic heterocycles. The van der Waals surface area contributed by atoms with Gasteiger partial charge in [0.05, 0.1) is 6.26 Å². The lowest BCUT2D eigenvalue weighted by atomic mass is 10.2. The molecule has 0 aliphatic heterocycles. The molecule has 0 saturated heterocycles. The van der Waals surface area contributed by atoms with E-state index >= 15 is 0 Å². The van der Waals surface area contributed by atoms with E-state index in [0.29, 0.717) is 19.8 Å². The van der Waals surface area contributed by atoms with E-state index in [2.05, 4.69) is 15.6 Å². The van der Waals surface area contributed by atoms with Crippen LogP contribution in [0.3, 0.4) is 0 Å². The molecule has 1 rings (SSSR count). The maximum Gasteiger partial charge on any atom is 0.410 e. The van der Waals surface area contributed by atoms with Crippen molar-refractivity contribution in [3.63, 3.8) is 0 Å². The van der Waals surface area contributed by atoms with Crippen LogP contribution < -0.4 is 10.6 Å². The summed E-state index contributed by atoms with van der Waals surface area (Å²) >= 11 is 0. The Labute approximate surface area is 168 Å². The molecule has 160 valence electrons. The Morgan fingerprint density at radius 2 is 2.04 bits per heavy atom. The summed E-state index contributed by atoms with van der Waals surface area (Å²) in [5, 5.41) is 6.51. The number of ether oxygens (including phenoxy) is 2. The number of carbonyl (C=O) groups excluding carboxylic acids is 1. The van der Waals surface area contributed by atoms with Crippen molar-refractivity contribution in [3.05, 3.63) is 24.2 Å². The lowest BCUT2D eigenvalue weighted by Gasteiger charge is -2.28. The van der Waals surface area contributed by atoms with Gasteiger partial charge >= 0.3 is 6.09 Å². The van der Waals surface area contributed by atoms with Crippen LogP contribution in [0.2, 0.25) is 0 Å². The second-order valence-electron chi connectivity index (χ2n) is 7.64. The Bertz CT molecular complexity index is 582. The van der Waals surface area contributed by atoms with Gasteiger partial charge in [0.25, 0.3) is 0 Å². The highest BCUT2D eigenvalue weighted by molar-refractivity contribution is 5.79. The van der Waals surface area contributed by atoms with Gasteiger partial charge in [0, 0.05) is 39.8 Å². The van der Waals surface area contributed by atoms with Gasteiger partial charge in [0.2, 0.25) is 0 Å². The minimum atomic E-state index is -0.489. The molecule has 0 bridgehead atoms. The number of carbonyl (C=O) groups is 1. The Kier molecular flexibility index (Phi) is 10.4. The standard InChI is InChI=1S/C20H36N4O4/c1-16(24(6)19(25)28-20(2,3)4)10-12-23-18(21-5)22-11-8-13-26-15-17-9-7-14-27-17/h7,9,14,16H,8,10-13,15H2,1-6H3,(H2,21,22,23). The van der Waals surface area contributed by atoms with E-state index in [4.69, 9.17) is 13.9 Å². The molecule has 0 fully saturated rings. The number of amides is 1. The fourth-order valence-electron chi connectivity index (χ4n) is 2.28. The summed E-state index contributed by atoms with van der Waals surface area (Å²) in [6.45, 7) is 10.2. The number of aliphatic imine (C=N–C) groups is 1. The molecule has 8 heteroatoms. The molecule has 8 nitrogen and oxygen atoms in total. The van der Waals surface area contributed by atoms with Crippen molar-refractivity contribution in [2.75, 3.05) is 33.8 Å². The zero-order valence-corrected chi connectivity index (χ0v) is 18.1. The largest absolute Gasteiger partial charge is 0.467 e. The molecule has 1 heterocycles. The lowest BCUT2D eigenvalue weighted by molar-refractivity contribution is 0.0230. The Balaban J connectivity index is 2.15. The van der Waals surface area contributed by atoms with Crippen LogP contribution in [0, 0.1) is 0 Å². The van der Waals surface area contributed by atoms with E-state index in [0.717, 1.165) is 31.1 Å². The first kappa shape index (κ1) is 23.8. The summed E-state index contributed by atoms with van der Waals surface area (Å²) in [5.74, 6) is 1.56. The van der Waals surface area contributed by atoms with Crippen LogP contribution in [0.1, 0.15) is 46.3 Å². The summed E-state index contributed by atoms with van der Waals surface area (Å²) < 4.78 is 16.1. The SMILES string of the molecule is CN=C(NCCCOCc1ccco1)NCCC(C)N(C)C(=O)OC(C)(C)C. The summed E-state index contributed by atoms with van der Waals surface area (Å²) in [6.07, 6.45) is 2.97. The van der Waals surface area contributed by atoms with Gasteiger partial charge in [-0.2, -0.15) is 0 Å². The third-order valence-corrected chi connectivity index (χ3v) is 4.00. The third kappa shape index (κ3) is 10.2. The van der Waals surface area contributed by atoms with Crippen molar-refractivity contribution < 1.29 is 18.7 Å². The van der Waals surface area contributed by atoms with E-state index in [1.807, 2.05) is 39.8 Å². The van der Waals surface area contributed by atoms with Crippen molar-refractivity contribution in [2.24, 2.45) is 4.99 Å². The minimum absolute atomic E-state index is 0.0513. The van der Waals surface area contributed by atoms with Crippen molar-refractivity contribution >= 4 is 12.1 Å². The van der Waals surface area contributed by atoms with Gasteiger partial charge in [-0.05, 0) is 52.7 Å². The van der Waals surface area contributed by atoms with Crippen molar-refractivity contribution in [2.45, 2.75) is 58.8 Å². The van der Waals surface area contributed by atoms with Crippen LogP contribution in [0.25, 0.3) is 0 Å². The van der Waals surface area contributed by atoms with E-state index in [-0.39, 0.29) is 12.1 Å². The van der Waals surface area contributed by atoms with Crippen molar-refractivity contribution in [1.29, 1.82) is 0 Å². The maximum atomic E-state index is 12.1. The molecule has 28 heavy (non-hydrogen) atoms. The molecule has 2 N–H and O–H groups in total. The zero-order valence-electron chi connectivity index (χ0n) is 18.1. The highest BCUT2D eigenvalue weighted by Gasteiger charge is 2.22. The molecule has 0 aromatic carbocycles. The second-order valence-corrected chi connectivity index (χ2v) is 7.64. The number of guanidine groups is 1. The van der Waals surface area contributed by atoms with E-state index in [1.165, 1.54) is 0 Å². The second kappa shape index (κ2) is 12.3.